The third-order valence-corrected chi connectivity index (χ3v) is 2.42. The number of carbonyl (C=O) groups excluding carboxylic acids is 2. The average Bonchev–Trinajstić information content (AvgIpc) is 2.20. The second-order valence-corrected chi connectivity index (χ2v) is 3.57. The molecule has 2 nitrogen and oxygen atoms in total. The molecule has 0 aliphatic rings. The van der Waals surface area contributed by atoms with Crippen LogP contribution >= 0.6 is 0 Å². The first-order valence-corrected chi connectivity index (χ1v) is 4.79. The van der Waals surface area contributed by atoms with Gasteiger partial charge in [0.1, 0.15) is 17.4 Å². The van der Waals surface area contributed by atoms with Crippen LogP contribution in [0.1, 0.15) is 19.4 Å². The van der Waals surface area contributed by atoms with E-state index in [1.807, 2.05) is 0 Å². The zero-order valence-electron chi connectivity index (χ0n) is 8.79. The Morgan fingerprint density at radius 2 is 1.93 bits per heavy atom. The summed E-state index contributed by atoms with van der Waals surface area (Å²) >= 11 is 0. The second kappa shape index (κ2) is 4.82. The van der Waals surface area contributed by atoms with Crippen LogP contribution in [0, 0.1) is 11.7 Å². The lowest BCUT2D eigenvalue weighted by atomic mass is 9.96. The van der Waals surface area contributed by atoms with Gasteiger partial charge in [0.2, 0.25) is 0 Å². The SMILES string of the molecule is CC(=O)C(C)C(=O)Cc1ccccc1F. The molecule has 80 valence electrons. The van der Waals surface area contributed by atoms with E-state index in [1.54, 1.807) is 25.1 Å². The Balaban J connectivity index is 2.75. The summed E-state index contributed by atoms with van der Waals surface area (Å²) < 4.78 is 13.2. The Morgan fingerprint density at radius 3 is 2.47 bits per heavy atom. The van der Waals surface area contributed by atoms with Gasteiger partial charge in [-0.3, -0.25) is 9.59 Å². The van der Waals surface area contributed by atoms with Crippen molar-refractivity contribution in [3.05, 3.63) is 35.6 Å². The molecule has 0 aromatic heterocycles. The van der Waals surface area contributed by atoms with E-state index in [1.165, 1.54) is 13.0 Å². The molecule has 0 spiro atoms. The normalized spacial score (nSPS) is 12.2. The van der Waals surface area contributed by atoms with E-state index in [-0.39, 0.29) is 18.0 Å². The Labute approximate surface area is 88.1 Å². The number of benzene rings is 1. The fourth-order valence-electron chi connectivity index (χ4n) is 1.21. The fraction of sp³-hybridized carbons (Fsp3) is 0.333. The predicted octanol–water partition coefficient (Wildman–Crippen LogP) is 2.16. The average molecular weight is 208 g/mol. The smallest absolute Gasteiger partial charge is 0.147 e. The molecule has 0 radical (unpaired) electrons. The van der Waals surface area contributed by atoms with E-state index in [4.69, 9.17) is 0 Å². The van der Waals surface area contributed by atoms with Gasteiger partial charge in [-0.05, 0) is 25.5 Å². The molecule has 1 aromatic carbocycles. The molecule has 1 rings (SSSR count). The first kappa shape index (κ1) is 11.6. The molecule has 0 fully saturated rings. The molecule has 0 saturated carbocycles. The van der Waals surface area contributed by atoms with Gasteiger partial charge in [-0.25, -0.2) is 4.39 Å². The van der Waals surface area contributed by atoms with Crippen molar-refractivity contribution in [3.63, 3.8) is 0 Å². The summed E-state index contributed by atoms with van der Waals surface area (Å²) in [6.07, 6.45) is -0.0204. The summed E-state index contributed by atoms with van der Waals surface area (Å²) in [5, 5.41) is 0. The number of ketones is 2. The molecule has 0 aliphatic heterocycles. The topological polar surface area (TPSA) is 34.1 Å². The maximum Gasteiger partial charge on any atom is 0.147 e. The van der Waals surface area contributed by atoms with Gasteiger partial charge in [-0.1, -0.05) is 18.2 Å². The van der Waals surface area contributed by atoms with Crippen molar-refractivity contribution in [2.75, 3.05) is 0 Å². The number of Topliss-reactive ketones (excluding diaryl/α,β-unsaturated/α-hetero) is 2. The summed E-state index contributed by atoms with van der Waals surface area (Å²) in [5.41, 5.74) is 0.343. The molecule has 3 heteroatoms. The predicted molar refractivity (Wildman–Crippen MR) is 55.0 cm³/mol. The molecule has 1 aromatic rings. The van der Waals surface area contributed by atoms with Crippen LogP contribution in [-0.4, -0.2) is 11.6 Å². The minimum atomic E-state index is -0.649. The quantitative estimate of drug-likeness (QED) is 0.710. The maximum atomic E-state index is 13.2. The first-order chi connectivity index (χ1) is 7.02. The van der Waals surface area contributed by atoms with Gasteiger partial charge in [0.25, 0.3) is 0 Å². The van der Waals surface area contributed by atoms with E-state index < -0.39 is 11.7 Å². The largest absolute Gasteiger partial charge is 0.299 e. The van der Waals surface area contributed by atoms with Gasteiger partial charge < -0.3 is 0 Å². The van der Waals surface area contributed by atoms with Crippen molar-refractivity contribution in [1.29, 1.82) is 0 Å². The molecule has 15 heavy (non-hydrogen) atoms. The Kier molecular flexibility index (Phi) is 3.72. The van der Waals surface area contributed by atoms with Gasteiger partial charge in [0.15, 0.2) is 0 Å². The van der Waals surface area contributed by atoms with E-state index in [0.29, 0.717) is 5.56 Å². The fourth-order valence-corrected chi connectivity index (χ4v) is 1.21. The molecule has 0 bridgehead atoms. The summed E-state index contributed by atoms with van der Waals surface area (Å²) in [5.74, 6) is -1.48. The standard InChI is InChI=1S/C12H13FO2/c1-8(9(2)14)12(15)7-10-5-3-4-6-11(10)13/h3-6,8H,7H2,1-2H3. The summed E-state index contributed by atoms with van der Waals surface area (Å²) in [4.78, 5) is 22.5. The number of halogens is 1. The highest BCUT2D eigenvalue weighted by atomic mass is 19.1. The highest BCUT2D eigenvalue weighted by Crippen LogP contribution is 2.10. The number of hydrogen-bond donors (Lipinski definition) is 0. The molecule has 0 heterocycles. The minimum Gasteiger partial charge on any atom is -0.299 e. The van der Waals surface area contributed by atoms with Crippen molar-refractivity contribution in [3.8, 4) is 0 Å². The Bertz CT molecular complexity index is 385. The van der Waals surface area contributed by atoms with E-state index in [0.717, 1.165) is 0 Å². The van der Waals surface area contributed by atoms with Crippen LogP contribution in [0.5, 0.6) is 0 Å². The molecule has 0 amide bonds. The first-order valence-electron chi connectivity index (χ1n) is 4.79. The van der Waals surface area contributed by atoms with Crippen LogP contribution in [0.15, 0.2) is 24.3 Å². The van der Waals surface area contributed by atoms with Crippen molar-refractivity contribution in [2.24, 2.45) is 5.92 Å². The third kappa shape index (κ3) is 2.98. The van der Waals surface area contributed by atoms with Crippen LogP contribution < -0.4 is 0 Å². The summed E-state index contributed by atoms with van der Waals surface area (Å²) in [6.45, 7) is 2.91. The lowest BCUT2D eigenvalue weighted by molar-refractivity contribution is -0.130. The van der Waals surface area contributed by atoms with Crippen molar-refractivity contribution in [1.82, 2.24) is 0 Å². The molecular formula is C12H13FO2. The van der Waals surface area contributed by atoms with Gasteiger partial charge in [0, 0.05) is 6.42 Å². The molecule has 0 aliphatic carbocycles. The molecule has 1 atom stereocenters. The zero-order valence-corrected chi connectivity index (χ0v) is 8.79. The minimum absolute atomic E-state index is 0.0204. The zero-order chi connectivity index (χ0) is 11.4. The van der Waals surface area contributed by atoms with Gasteiger partial charge in [0.05, 0.1) is 5.92 Å². The molecule has 0 saturated heterocycles. The number of hydrogen-bond acceptors (Lipinski definition) is 2. The van der Waals surface area contributed by atoms with E-state index in [9.17, 15) is 14.0 Å². The molecular weight excluding hydrogens is 195 g/mol. The van der Waals surface area contributed by atoms with Gasteiger partial charge in [-0.15, -0.1) is 0 Å². The van der Waals surface area contributed by atoms with Crippen molar-refractivity contribution in [2.45, 2.75) is 20.3 Å². The van der Waals surface area contributed by atoms with E-state index >= 15 is 0 Å². The van der Waals surface area contributed by atoms with Gasteiger partial charge in [-0.2, -0.15) is 0 Å². The number of rotatable bonds is 4. The lowest BCUT2D eigenvalue weighted by Gasteiger charge is -2.06. The van der Waals surface area contributed by atoms with Crippen LogP contribution in [0.3, 0.4) is 0 Å². The summed E-state index contributed by atoms with van der Waals surface area (Å²) in [6, 6.07) is 6.10. The van der Waals surface area contributed by atoms with Crippen LogP contribution in [-0.2, 0) is 16.0 Å². The van der Waals surface area contributed by atoms with Gasteiger partial charge >= 0.3 is 0 Å². The Hall–Kier alpha value is -1.51. The second-order valence-electron chi connectivity index (χ2n) is 3.57. The van der Waals surface area contributed by atoms with Crippen LogP contribution in [0.25, 0.3) is 0 Å². The lowest BCUT2D eigenvalue weighted by Crippen LogP contribution is -2.20. The summed E-state index contributed by atoms with van der Waals surface area (Å²) in [7, 11) is 0. The molecule has 1 unspecified atom stereocenters. The number of carbonyl (C=O) groups is 2. The van der Waals surface area contributed by atoms with E-state index in [2.05, 4.69) is 0 Å². The highest BCUT2D eigenvalue weighted by molar-refractivity contribution is 6.01. The monoisotopic (exact) mass is 208 g/mol. The maximum absolute atomic E-state index is 13.2. The third-order valence-electron chi connectivity index (χ3n) is 2.42. The van der Waals surface area contributed by atoms with Crippen molar-refractivity contribution < 1.29 is 14.0 Å². The van der Waals surface area contributed by atoms with Crippen molar-refractivity contribution >= 4 is 11.6 Å². The van der Waals surface area contributed by atoms with Crippen LogP contribution in [0.2, 0.25) is 0 Å². The molecule has 0 N–H and O–H groups in total. The van der Waals surface area contributed by atoms with Crippen LogP contribution in [0.4, 0.5) is 4.39 Å². The highest BCUT2D eigenvalue weighted by Gasteiger charge is 2.18. The Morgan fingerprint density at radius 1 is 1.33 bits per heavy atom.